The lowest BCUT2D eigenvalue weighted by molar-refractivity contribution is -0.384. The second-order valence-electron chi connectivity index (χ2n) is 4.26. The number of hydrogen-bond donors (Lipinski definition) is 1. The minimum Gasteiger partial charge on any atom is -0.381 e. The number of benzene rings is 2. The smallest absolute Gasteiger partial charge is 0.271 e. The highest BCUT2D eigenvalue weighted by Gasteiger charge is 2.06. The van der Waals surface area contributed by atoms with Crippen LogP contribution in [0.3, 0.4) is 0 Å². The molecule has 0 aliphatic rings. The van der Waals surface area contributed by atoms with E-state index < -0.39 is 4.92 Å². The highest BCUT2D eigenvalue weighted by molar-refractivity contribution is 9.10. The Hall–Kier alpha value is -1.88. The topological polar surface area (TPSA) is 55.2 Å². The summed E-state index contributed by atoms with van der Waals surface area (Å²) < 4.78 is 1.03. The number of halogens is 1. The van der Waals surface area contributed by atoms with E-state index in [2.05, 4.69) is 21.2 Å². The molecule has 0 spiro atoms. The van der Waals surface area contributed by atoms with Gasteiger partial charge in [-0.2, -0.15) is 0 Å². The highest BCUT2D eigenvalue weighted by Crippen LogP contribution is 2.21. The van der Waals surface area contributed by atoms with Crippen molar-refractivity contribution in [3.8, 4) is 0 Å². The molecule has 0 bridgehead atoms. The Bertz CT molecular complexity index is 614. The number of non-ortho nitro benzene ring substituents is 1. The lowest BCUT2D eigenvalue weighted by Gasteiger charge is -2.08. The number of nitrogens with one attached hydrogen (secondary N) is 1. The molecular formula is C14H13BrN2O2. The SMILES string of the molecule is Cc1ccc(CNc2cccc([N+](=O)[O-])c2)c(Br)c1. The molecule has 0 radical (unpaired) electrons. The van der Waals surface area contributed by atoms with Gasteiger partial charge in [-0.3, -0.25) is 10.1 Å². The number of aryl methyl sites for hydroxylation is 1. The van der Waals surface area contributed by atoms with Gasteiger partial charge < -0.3 is 5.32 Å². The van der Waals surface area contributed by atoms with Crippen LogP contribution < -0.4 is 5.32 Å². The van der Waals surface area contributed by atoms with Gasteiger partial charge in [0.25, 0.3) is 5.69 Å². The number of nitrogens with zero attached hydrogens (tertiary/aromatic N) is 1. The van der Waals surface area contributed by atoms with Crippen LogP contribution >= 0.6 is 15.9 Å². The van der Waals surface area contributed by atoms with Gasteiger partial charge in [-0.1, -0.05) is 34.1 Å². The normalized spacial score (nSPS) is 10.2. The predicted molar refractivity (Wildman–Crippen MR) is 79.3 cm³/mol. The van der Waals surface area contributed by atoms with Crippen molar-refractivity contribution in [1.29, 1.82) is 0 Å². The molecule has 1 N–H and O–H groups in total. The Balaban J connectivity index is 2.10. The van der Waals surface area contributed by atoms with Crippen LogP contribution in [0.25, 0.3) is 0 Å². The van der Waals surface area contributed by atoms with Crippen molar-refractivity contribution in [3.63, 3.8) is 0 Å². The number of hydrogen-bond acceptors (Lipinski definition) is 3. The number of anilines is 1. The van der Waals surface area contributed by atoms with Gasteiger partial charge in [0.15, 0.2) is 0 Å². The van der Waals surface area contributed by atoms with Gasteiger partial charge in [0, 0.05) is 28.8 Å². The molecule has 2 rings (SSSR count). The van der Waals surface area contributed by atoms with Crippen molar-refractivity contribution in [2.24, 2.45) is 0 Å². The minimum atomic E-state index is -0.396. The summed E-state index contributed by atoms with van der Waals surface area (Å²) in [6.07, 6.45) is 0. The van der Waals surface area contributed by atoms with E-state index in [0.29, 0.717) is 6.54 Å². The second kappa shape index (κ2) is 5.84. The van der Waals surface area contributed by atoms with Gasteiger partial charge in [0.1, 0.15) is 0 Å². The molecule has 0 aromatic heterocycles. The van der Waals surface area contributed by atoms with Gasteiger partial charge in [-0.05, 0) is 30.2 Å². The third-order valence-corrected chi connectivity index (χ3v) is 3.49. The van der Waals surface area contributed by atoms with E-state index in [4.69, 9.17) is 0 Å². The van der Waals surface area contributed by atoms with E-state index in [1.165, 1.54) is 17.7 Å². The third-order valence-electron chi connectivity index (χ3n) is 2.75. The van der Waals surface area contributed by atoms with Crippen molar-refractivity contribution in [3.05, 3.63) is 68.2 Å². The van der Waals surface area contributed by atoms with Crippen LogP contribution in [0.15, 0.2) is 46.9 Å². The predicted octanol–water partition coefficient (Wildman–Crippen LogP) is 4.28. The molecule has 0 atom stereocenters. The first-order valence-electron chi connectivity index (χ1n) is 5.79. The van der Waals surface area contributed by atoms with Gasteiger partial charge in [-0.15, -0.1) is 0 Å². The maximum absolute atomic E-state index is 10.7. The number of nitro groups is 1. The molecule has 0 aliphatic heterocycles. The number of rotatable bonds is 4. The maximum Gasteiger partial charge on any atom is 0.271 e. The molecular weight excluding hydrogens is 308 g/mol. The Morgan fingerprint density at radius 2 is 2.05 bits per heavy atom. The van der Waals surface area contributed by atoms with Gasteiger partial charge >= 0.3 is 0 Å². The highest BCUT2D eigenvalue weighted by atomic mass is 79.9. The zero-order valence-electron chi connectivity index (χ0n) is 10.4. The molecule has 0 heterocycles. The fraction of sp³-hybridized carbons (Fsp3) is 0.143. The van der Waals surface area contributed by atoms with Crippen molar-refractivity contribution in [2.75, 3.05) is 5.32 Å². The lowest BCUT2D eigenvalue weighted by atomic mass is 10.1. The van der Waals surface area contributed by atoms with Crippen molar-refractivity contribution in [1.82, 2.24) is 0 Å². The maximum atomic E-state index is 10.7. The fourth-order valence-electron chi connectivity index (χ4n) is 1.72. The average molecular weight is 321 g/mol. The van der Waals surface area contributed by atoms with Gasteiger partial charge in [-0.25, -0.2) is 0 Å². The summed E-state index contributed by atoms with van der Waals surface area (Å²) in [7, 11) is 0. The number of nitro benzene ring substituents is 1. The first-order chi connectivity index (χ1) is 9.06. The molecule has 98 valence electrons. The quantitative estimate of drug-likeness (QED) is 0.675. The summed E-state index contributed by atoms with van der Waals surface area (Å²) in [5.41, 5.74) is 3.12. The molecule has 2 aromatic rings. The monoisotopic (exact) mass is 320 g/mol. The molecule has 0 amide bonds. The largest absolute Gasteiger partial charge is 0.381 e. The van der Waals surface area contributed by atoms with Crippen LogP contribution in [0.1, 0.15) is 11.1 Å². The molecule has 19 heavy (non-hydrogen) atoms. The van der Waals surface area contributed by atoms with E-state index in [-0.39, 0.29) is 5.69 Å². The molecule has 0 aliphatic carbocycles. The van der Waals surface area contributed by atoms with E-state index >= 15 is 0 Å². The van der Waals surface area contributed by atoms with Gasteiger partial charge in [0.05, 0.1) is 4.92 Å². The van der Waals surface area contributed by atoms with E-state index in [1.807, 2.05) is 31.2 Å². The Morgan fingerprint density at radius 1 is 1.26 bits per heavy atom. The lowest BCUT2D eigenvalue weighted by Crippen LogP contribution is -2.01. The summed E-state index contributed by atoms with van der Waals surface area (Å²) in [6, 6.07) is 12.6. The molecule has 0 saturated heterocycles. The van der Waals surface area contributed by atoms with Crippen molar-refractivity contribution >= 4 is 27.3 Å². The second-order valence-corrected chi connectivity index (χ2v) is 5.11. The van der Waals surface area contributed by atoms with Crippen LogP contribution in [0.4, 0.5) is 11.4 Å². The standard InChI is InChI=1S/C14H13BrN2O2/c1-10-5-6-11(14(15)7-10)9-16-12-3-2-4-13(8-12)17(18)19/h2-8,16H,9H2,1H3. The first-order valence-corrected chi connectivity index (χ1v) is 6.59. The Morgan fingerprint density at radius 3 is 2.74 bits per heavy atom. The summed E-state index contributed by atoms with van der Waals surface area (Å²) in [6.45, 7) is 2.64. The molecule has 2 aromatic carbocycles. The molecule has 5 heteroatoms. The van der Waals surface area contributed by atoms with E-state index in [1.54, 1.807) is 6.07 Å². The molecule has 4 nitrogen and oxygen atoms in total. The zero-order chi connectivity index (χ0) is 13.8. The van der Waals surface area contributed by atoms with Crippen LogP contribution in [-0.4, -0.2) is 4.92 Å². The van der Waals surface area contributed by atoms with Crippen LogP contribution in [0, 0.1) is 17.0 Å². The first kappa shape index (κ1) is 13.5. The molecule has 0 fully saturated rings. The molecule has 0 unspecified atom stereocenters. The van der Waals surface area contributed by atoms with E-state index in [0.717, 1.165) is 15.7 Å². The molecule has 0 saturated carbocycles. The summed E-state index contributed by atoms with van der Waals surface area (Å²) in [4.78, 5) is 10.3. The average Bonchev–Trinajstić information content (AvgIpc) is 2.38. The van der Waals surface area contributed by atoms with E-state index in [9.17, 15) is 10.1 Å². The van der Waals surface area contributed by atoms with Gasteiger partial charge in [0.2, 0.25) is 0 Å². The minimum absolute atomic E-state index is 0.0907. The van der Waals surface area contributed by atoms with Crippen molar-refractivity contribution in [2.45, 2.75) is 13.5 Å². The fourth-order valence-corrected chi connectivity index (χ4v) is 2.36. The Kier molecular flexibility index (Phi) is 4.16. The van der Waals surface area contributed by atoms with Crippen LogP contribution in [-0.2, 0) is 6.54 Å². The van der Waals surface area contributed by atoms with Crippen molar-refractivity contribution < 1.29 is 4.92 Å². The summed E-state index contributed by atoms with van der Waals surface area (Å²) in [5, 5.41) is 13.9. The van der Waals surface area contributed by atoms with Crippen LogP contribution in [0.2, 0.25) is 0 Å². The third kappa shape index (κ3) is 3.54. The zero-order valence-corrected chi connectivity index (χ0v) is 12.0. The Labute approximate surface area is 119 Å². The van der Waals surface area contributed by atoms with Crippen LogP contribution in [0.5, 0.6) is 0 Å². The summed E-state index contributed by atoms with van der Waals surface area (Å²) in [5.74, 6) is 0. The summed E-state index contributed by atoms with van der Waals surface area (Å²) >= 11 is 3.51.